The van der Waals surface area contributed by atoms with Crippen molar-refractivity contribution in [3.63, 3.8) is 0 Å². The van der Waals surface area contributed by atoms with E-state index in [9.17, 15) is 19.5 Å². The monoisotopic (exact) mass is 624 g/mol. The van der Waals surface area contributed by atoms with Gasteiger partial charge in [-0.2, -0.15) is 4.57 Å². The van der Waals surface area contributed by atoms with Crippen LogP contribution in [0.2, 0.25) is 0 Å². The second-order valence-corrected chi connectivity index (χ2v) is 12.1. The Morgan fingerprint density at radius 2 is 1.26 bits per heavy atom. The Balaban J connectivity index is 1.20. The van der Waals surface area contributed by atoms with Crippen molar-refractivity contribution in [2.24, 2.45) is 14.1 Å². The van der Waals surface area contributed by atoms with Crippen molar-refractivity contribution < 1.29 is 24.1 Å². The summed E-state index contributed by atoms with van der Waals surface area (Å²) in [4.78, 5) is 41.2. The first-order valence-corrected chi connectivity index (χ1v) is 15.3. The zero-order chi connectivity index (χ0) is 33.1. The zero-order valence-electron chi connectivity index (χ0n) is 27.3. The van der Waals surface area contributed by atoms with Crippen LogP contribution < -0.4 is 25.0 Å². The van der Waals surface area contributed by atoms with Crippen molar-refractivity contribution >= 4 is 62.3 Å². The minimum Gasteiger partial charge on any atom is -0.477 e. The number of hydrogen-bond donors (Lipinski definition) is 3. The molecule has 11 heteroatoms. The van der Waals surface area contributed by atoms with Gasteiger partial charge in [0.15, 0.2) is 0 Å². The minimum atomic E-state index is -1.08. The largest absolute Gasteiger partial charge is 0.477 e. The van der Waals surface area contributed by atoms with E-state index in [4.69, 9.17) is 0 Å². The Hall–Kier alpha value is -5.32. The van der Waals surface area contributed by atoms with Crippen LogP contribution in [0.4, 0.5) is 22.7 Å². The van der Waals surface area contributed by atoms with Crippen molar-refractivity contribution in [1.82, 2.24) is 9.13 Å². The van der Waals surface area contributed by atoms with Gasteiger partial charge >= 0.3 is 5.97 Å². The first kappa shape index (κ1) is 32.1. The number of aromatic nitrogens is 3. The van der Waals surface area contributed by atoms with E-state index >= 15 is 0 Å². The average molecular weight is 625 g/mol. The van der Waals surface area contributed by atoms with Crippen molar-refractivity contribution in [3.05, 3.63) is 78.4 Å². The maximum Gasteiger partial charge on any atom is 0.352 e. The van der Waals surface area contributed by atoms with Crippen LogP contribution in [0.1, 0.15) is 46.7 Å². The summed E-state index contributed by atoms with van der Waals surface area (Å²) in [6.45, 7) is 0.829. The molecule has 2 amide bonds. The van der Waals surface area contributed by atoms with Crippen molar-refractivity contribution in [2.75, 3.05) is 48.6 Å². The van der Waals surface area contributed by atoms with E-state index in [0.29, 0.717) is 23.5 Å². The van der Waals surface area contributed by atoms with Gasteiger partial charge in [-0.1, -0.05) is 0 Å². The molecule has 11 nitrogen and oxygen atoms in total. The third kappa shape index (κ3) is 6.98. The van der Waals surface area contributed by atoms with Crippen LogP contribution in [0.5, 0.6) is 0 Å². The third-order valence-corrected chi connectivity index (χ3v) is 8.24. The Labute approximate surface area is 268 Å². The number of fused-ring (bicyclic) bond motifs is 2. The molecule has 240 valence electrons. The Bertz CT molecular complexity index is 1870. The number of carbonyl (C=O) groups excluding carboxylic acids is 2. The number of rotatable bonds is 12. The SMILES string of the molecule is CN(C)c1ccc2cc3ccc(N(C)C)cc3[n+](CCCCCC(=O)Nc3cc(C(=O)Nc4cc(C(=O)O)n(C)c4)n(C)c3)c2c1. The van der Waals surface area contributed by atoms with Gasteiger partial charge in [0.1, 0.15) is 17.9 Å². The van der Waals surface area contributed by atoms with E-state index in [1.807, 2.05) is 0 Å². The van der Waals surface area contributed by atoms with Crippen LogP contribution in [-0.2, 0) is 25.4 Å². The molecule has 0 aliphatic carbocycles. The van der Waals surface area contributed by atoms with Gasteiger partial charge in [-0.25, -0.2) is 4.79 Å². The van der Waals surface area contributed by atoms with E-state index in [-0.39, 0.29) is 11.6 Å². The fraction of sp³-hybridized carbons (Fsp3) is 0.314. The lowest BCUT2D eigenvalue weighted by atomic mass is 10.1. The zero-order valence-corrected chi connectivity index (χ0v) is 27.3. The smallest absolute Gasteiger partial charge is 0.352 e. The summed E-state index contributed by atoms with van der Waals surface area (Å²) in [6.07, 6.45) is 6.14. The number of aryl methyl sites for hydroxylation is 3. The van der Waals surface area contributed by atoms with E-state index in [2.05, 4.69) is 95.7 Å². The van der Waals surface area contributed by atoms with E-state index in [1.165, 1.54) is 38.6 Å². The molecule has 2 aromatic carbocycles. The number of carbonyl (C=O) groups is 3. The fourth-order valence-electron chi connectivity index (χ4n) is 5.73. The van der Waals surface area contributed by atoms with Gasteiger partial charge in [0.25, 0.3) is 5.91 Å². The van der Waals surface area contributed by atoms with Gasteiger partial charge in [0.2, 0.25) is 16.9 Å². The van der Waals surface area contributed by atoms with Gasteiger partial charge in [-0.15, -0.1) is 0 Å². The summed E-state index contributed by atoms with van der Waals surface area (Å²) in [5, 5.41) is 17.3. The van der Waals surface area contributed by atoms with Gasteiger partial charge in [0, 0.05) is 102 Å². The number of carboxylic acids is 1. The number of benzene rings is 2. The molecule has 0 aliphatic rings. The highest BCUT2D eigenvalue weighted by Crippen LogP contribution is 2.26. The second-order valence-electron chi connectivity index (χ2n) is 12.1. The molecule has 0 bridgehead atoms. The first-order chi connectivity index (χ1) is 21.9. The molecule has 3 heterocycles. The standard InChI is InChI=1S/C35H41N7O4/c1-38(2)27-13-11-23-16-24-12-14-28(39(3)4)20-30(24)42(29(23)19-27)15-9-7-8-10-33(43)36-25-17-31(40(5)21-25)34(44)37-26-18-32(35(45)46)41(6)22-26/h11-14,16-22H,7-10,15H2,1-6H3,(H2-,36,37,43,44,45,46)/p+1. The number of nitrogens with one attached hydrogen (secondary N) is 2. The van der Waals surface area contributed by atoms with E-state index < -0.39 is 11.9 Å². The van der Waals surface area contributed by atoms with E-state index in [1.54, 1.807) is 30.9 Å². The molecule has 46 heavy (non-hydrogen) atoms. The summed E-state index contributed by atoms with van der Waals surface area (Å²) in [5.74, 6) is -1.59. The molecule has 3 N–H and O–H groups in total. The Morgan fingerprint density at radius 1 is 0.717 bits per heavy atom. The lowest BCUT2D eigenvalue weighted by Gasteiger charge is -2.15. The maximum absolute atomic E-state index is 12.8. The number of aromatic carboxylic acids is 1. The number of unbranched alkanes of at least 4 members (excludes halogenated alkanes) is 2. The number of anilines is 4. The van der Waals surface area contributed by atoms with Crippen LogP contribution in [0.25, 0.3) is 21.8 Å². The molecule has 5 aromatic rings. The predicted octanol–water partition coefficient (Wildman–Crippen LogP) is 5.24. The molecule has 3 aromatic heterocycles. The van der Waals surface area contributed by atoms with Gasteiger partial charge < -0.3 is 34.7 Å². The fourth-order valence-corrected chi connectivity index (χ4v) is 5.73. The van der Waals surface area contributed by atoms with Crippen molar-refractivity contribution in [1.29, 1.82) is 0 Å². The van der Waals surface area contributed by atoms with Gasteiger partial charge in [-0.05, 0) is 55.3 Å². The molecule has 0 fully saturated rings. The molecular weight excluding hydrogens is 582 g/mol. The molecule has 0 unspecified atom stereocenters. The lowest BCUT2D eigenvalue weighted by molar-refractivity contribution is -0.645. The molecule has 5 rings (SSSR count). The highest BCUT2D eigenvalue weighted by atomic mass is 16.4. The quantitative estimate of drug-likeness (QED) is 0.0994. The Kier molecular flexibility index (Phi) is 9.31. The van der Waals surface area contributed by atoms with Crippen molar-refractivity contribution in [3.8, 4) is 0 Å². The summed E-state index contributed by atoms with van der Waals surface area (Å²) in [6, 6.07) is 18.4. The topological polar surface area (TPSA) is 116 Å². The van der Waals surface area contributed by atoms with Crippen LogP contribution in [0.3, 0.4) is 0 Å². The molecule has 0 saturated carbocycles. The van der Waals surface area contributed by atoms with Crippen LogP contribution in [0.15, 0.2) is 67.0 Å². The average Bonchev–Trinajstić information content (AvgIpc) is 3.56. The first-order valence-electron chi connectivity index (χ1n) is 15.3. The molecular formula is C35H42N7O4+. The third-order valence-electron chi connectivity index (χ3n) is 8.24. The summed E-state index contributed by atoms with van der Waals surface area (Å²) >= 11 is 0. The van der Waals surface area contributed by atoms with Crippen molar-refractivity contribution in [2.45, 2.75) is 32.2 Å². The van der Waals surface area contributed by atoms with Gasteiger partial charge in [-0.3, -0.25) is 9.59 Å². The number of carboxylic acid groups (broad SMARTS) is 1. The second kappa shape index (κ2) is 13.4. The number of amides is 2. The highest BCUT2D eigenvalue weighted by molar-refractivity contribution is 6.05. The summed E-state index contributed by atoms with van der Waals surface area (Å²) in [7, 11) is 11.5. The molecule has 0 spiro atoms. The van der Waals surface area contributed by atoms with E-state index in [0.717, 1.165) is 37.2 Å². The summed E-state index contributed by atoms with van der Waals surface area (Å²) in [5.41, 5.74) is 5.98. The molecule has 0 saturated heterocycles. The number of pyridine rings is 1. The maximum atomic E-state index is 12.8. The molecule has 0 atom stereocenters. The highest BCUT2D eigenvalue weighted by Gasteiger charge is 2.19. The number of hydrogen-bond acceptors (Lipinski definition) is 5. The lowest BCUT2D eigenvalue weighted by Crippen LogP contribution is -2.36. The van der Waals surface area contributed by atoms with Gasteiger partial charge in [0.05, 0.1) is 11.4 Å². The predicted molar refractivity (Wildman–Crippen MR) is 183 cm³/mol. The van der Waals surface area contributed by atoms with Crippen LogP contribution in [0, 0.1) is 0 Å². The Morgan fingerprint density at radius 3 is 1.80 bits per heavy atom. The normalized spacial score (nSPS) is 11.2. The summed E-state index contributed by atoms with van der Waals surface area (Å²) < 4.78 is 5.46. The molecule has 0 aliphatic heterocycles. The molecule has 0 radical (unpaired) electrons. The minimum absolute atomic E-state index is 0.0659. The van der Waals surface area contributed by atoms with Crippen LogP contribution >= 0.6 is 0 Å². The van der Waals surface area contributed by atoms with Crippen LogP contribution in [-0.4, -0.2) is 60.2 Å². The number of nitrogens with zero attached hydrogens (tertiary/aromatic N) is 5.